The normalized spacial score (nSPS) is 21.3. The number of aromatic nitrogens is 7. The van der Waals surface area contributed by atoms with Gasteiger partial charge in [0.25, 0.3) is 0 Å². The van der Waals surface area contributed by atoms with Crippen molar-refractivity contribution in [2.75, 3.05) is 4.90 Å². The van der Waals surface area contributed by atoms with Crippen LogP contribution in [-0.2, 0) is 7.05 Å². The Labute approximate surface area is 213 Å². The van der Waals surface area contributed by atoms with Crippen LogP contribution in [0.2, 0.25) is 0 Å². The van der Waals surface area contributed by atoms with E-state index < -0.39 is 15.7 Å². The molecule has 3 atom stereocenters. The highest BCUT2D eigenvalue weighted by atomic mass is 32.2. The minimum Gasteiger partial charge on any atom is -0.507 e. The number of benzene rings is 1. The molecular weight excluding hydrogens is 495 g/mol. The number of aromatic hydroxyl groups is 1. The average Bonchev–Trinajstić information content (AvgIpc) is 3.14. The van der Waals surface area contributed by atoms with Gasteiger partial charge in [-0.3, -0.25) is 0 Å². The van der Waals surface area contributed by atoms with E-state index in [1.54, 1.807) is 24.1 Å². The molecule has 0 spiro atoms. The quantitative estimate of drug-likeness (QED) is 0.219. The molecule has 34 heavy (non-hydrogen) atoms. The van der Waals surface area contributed by atoms with Gasteiger partial charge in [0.15, 0.2) is 15.2 Å². The second-order valence-corrected chi connectivity index (χ2v) is 11.5. The molecule has 1 aromatic carbocycles. The minimum atomic E-state index is -1.27. The fraction of sp³-hybridized carbons (Fsp3) is 0.524. The summed E-state index contributed by atoms with van der Waals surface area (Å²) in [6.45, 7) is 2.12. The maximum Gasteiger partial charge on any atom is 0.205 e. The lowest BCUT2D eigenvalue weighted by Gasteiger charge is -2.41. The van der Waals surface area contributed by atoms with E-state index in [4.69, 9.17) is 0 Å². The molecule has 3 aromatic rings. The van der Waals surface area contributed by atoms with Gasteiger partial charge in [-0.2, -0.15) is 4.80 Å². The Morgan fingerprint density at radius 3 is 2.56 bits per heavy atom. The number of halogens is 1. The first-order valence-electron chi connectivity index (χ1n) is 11.0. The molecule has 0 radical (unpaired) electrons. The number of nitrogens with zero attached hydrogens (tertiary/aromatic N) is 8. The number of thiol groups is 3. The van der Waals surface area contributed by atoms with Gasteiger partial charge in [-0.15, -0.1) is 58.3 Å². The number of hydrogen-bond donors (Lipinski definition) is 4. The van der Waals surface area contributed by atoms with E-state index in [0.717, 1.165) is 19.3 Å². The molecule has 0 saturated heterocycles. The molecule has 0 aliphatic heterocycles. The summed E-state index contributed by atoms with van der Waals surface area (Å²) in [5.74, 6) is 1.25. The van der Waals surface area contributed by atoms with Crippen molar-refractivity contribution in [3.8, 4) is 28.5 Å². The third kappa shape index (κ3) is 5.41. The van der Waals surface area contributed by atoms with Crippen LogP contribution in [0, 0.1) is 5.92 Å². The van der Waals surface area contributed by atoms with Crippen LogP contribution in [-0.4, -0.2) is 56.2 Å². The van der Waals surface area contributed by atoms with Crippen molar-refractivity contribution in [1.29, 1.82) is 0 Å². The summed E-state index contributed by atoms with van der Waals surface area (Å²) in [7, 11) is 1.66. The van der Waals surface area contributed by atoms with E-state index in [2.05, 4.69) is 75.4 Å². The first kappa shape index (κ1) is 25.0. The topological polar surface area (TPSA) is 106 Å². The second kappa shape index (κ2) is 10.2. The van der Waals surface area contributed by atoms with Gasteiger partial charge in [-0.1, -0.05) is 32.3 Å². The van der Waals surface area contributed by atoms with Crippen LogP contribution in [0.1, 0.15) is 39.0 Å². The zero-order valence-electron chi connectivity index (χ0n) is 18.8. The van der Waals surface area contributed by atoms with Gasteiger partial charge in [0.05, 0.1) is 24.8 Å². The summed E-state index contributed by atoms with van der Waals surface area (Å²) < 4.78 is 13.9. The van der Waals surface area contributed by atoms with Crippen LogP contribution in [0.5, 0.6) is 5.75 Å². The van der Waals surface area contributed by atoms with E-state index in [1.165, 1.54) is 17.1 Å². The van der Waals surface area contributed by atoms with Crippen LogP contribution in [0.4, 0.5) is 10.2 Å². The average molecular weight is 523 g/mol. The van der Waals surface area contributed by atoms with Crippen LogP contribution in [0.25, 0.3) is 22.8 Å². The highest BCUT2D eigenvalue weighted by Gasteiger charge is 2.40. The maximum atomic E-state index is 15.2. The third-order valence-corrected chi connectivity index (χ3v) is 6.76. The second-order valence-electron chi connectivity index (χ2n) is 8.47. The number of phenols is 1. The standard InChI is InChI=1S/C21H27FN8OS3/c1-3-12-5-4-6-15(22)16(9-12)30(21(32,33)34)18-11-23-20(25-24-18)14-8-7-13(10-17(14)31)19-26-28-29(2)27-19/h7-8,10-12,15-16,31-34H,3-6,9H2,1-2H3/t12-,15+,16-/m1/s1. The lowest BCUT2D eigenvalue weighted by Crippen LogP contribution is -2.50. The summed E-state index contributed by atoms with van der Waals surface area (Å²) in [6.07, 6.45) is 4.31. The summed E-state index contributed by atoms with van der Waals surface area (Å²) >= 11 is 13.5. The molecular formula is C21H27FN8OS3. The summed E-state index contributed by atoms with van der Waals surface area (Å²) in [5, 5.41) is 30.9. The van der Waals surface area contributed by atoms with Gasteiger partial charge in [0, 0.05) is 5.56 Å². The number of hydrogen-bond acceptors (Lipinski definition) is 11. The molecule has 0 amide bonds. The Morgan fingerprint density at radius 2 is 1.97 bits per heavy atom. The Hall–Kier alpha value is -2.12. The predicted octanol–water partition coefficient (Wildman–Crippen LogP) is 3.95. The number of aryl methyl sites for hydroxylation is 1. The monoisotopic (exact) mass is 522 g/mol. The molecule has 9 nitrogen and oxygen atoms in total. The van der Waals surface area contributed by atoms with Gasteiger partial charge in [0.1, 0.15) is 11.9 Å². The van der Waals surface area contributed by atoms with Gasteiger partial charge < -0.3 is 10.0 Å². The largest absolute Gasteiger partial charge is 0.507 e. The highest BCUT2D eigenvalue weighted by Crippen LogP contribution is 2.41. The van der Waals surface area contributed by atoms with Crippen LogP contribution in [0.3, 0.4) is 0 Å². The van der Waals surface area contributed by atoms with Crippen LogP contribution < -0.4 is 4.90 Å². The van der Waals surface area contributed by atoms with E-state index in [1.807, 2.05) is 0 Å². The van der Waals surface area contributed by atoms with Crippen molar-refractivity contribution in [3.05, 3.63) is 24.4 Å². The first-order chi connectivity index (χ1) is 16.2. The molecule has 182 valence electrons. The van der Waals surface area contributed by atoms with Crippen molar-refractivity contribution in [2.45, 2.75) is 54.8 Å². The zero-order chi connectivity index (χ0) is 24.5. The zero-order valence-corrected chi connectivity index (χ0v) is 21.5. The summed E-state index contributed by atoms with van der Waals surface area (Å²) in [5.41, 5.74) is 0.985. The Bertz CT molecular complexity index is 1120. The van der Waals surface area contributed by atoms with Crippen LogP contribution >= 0.6 is 37.9 Å². The molecule has 2 aromatic heterocycles. The Morgan fingerprint density at radius 1 is 1.18 bits per heavy atom. The van der Waals surface area contributed by atoms with E-state index >= 15 is 4.39 Å². The number of alkyl halides is 1. The molecule has 0 bridgehead atoms. The number of tetrazole rings is 1. The third-order valence-electron chi connectivity index (χ3n) is 6.12. The minimum absolute atomic E-state index is 0.0540. The van der Waals surface area contributed by atoms with E-state index in [0.29, 0.717) is 41.5 Å². The summed E-state index contributed by atoms with van der Waals surface area (Å²) in [4.78, 5) is 7.35. The highest BCUT2D eigenvalue weighted by molar-refractivity contribution is 8.17. The van der Waals surface area contributed by atoms with Crippen molar-refractivity contribution < 1.29 is 9.50 Å². The molecule has 1 saturated carbocycles. The lowest BCUT2D eigenvalue weighted by atomic mass is 9.94. The van der Waals surface area contributed by atoms with Crippen molar-refractivity contribution in [1.82, 2.24) is 35.4 Å². The number of rotatable bonds is 6. The van der Waals surface area contributed by atoms with Crippen molar-refractivity contribution >= 4 is 43.7 Å². The fourth-order valence-electron chi connectivity index (χ4n) is 4.35. The molecule has 13 heteroatoms. The maximum absolute atomic E-state index is 15.2. The Kier molecular flexibility index (Phi) is 7.53. The van der Waals surface area contributed by atoms with Crippen molar-refractivity contribution in [2.24, 2.45) is 13.0 Å². The van der Waals surface area contributed by atoms with Crippen molar-refractivity contribution in [3.63, 3.8) is 0 Å². The molecule has 1 N–H and O–H groups in total. The smallest absolute Gasteiger partial charge is 0.205 e. The molecule has 4 rings (SSSR count). The Balaban J connectivity index is 1.63. The lowest BCUT2D eigenvalue weighted by molar-refractivity contribution is 0.250. The SMILES string of the molecule is CC[C@@H]1CCC[C@H](F)[C@H](N(c2cnc(-c3ccc(-c4nnn(C)n4)cc3O)nn2)C(S)(S)S)C1. The summed E-state index contributed by atoms with van der Waals surface area (Å²) in [6, 6.07) is 4.40. The van der Waals surface area contributed by atoms with E-state index in [-0.39, 0.29) is 11.6 Å². The number of anilines is 1. The molecule has 2 heterocycles. The fourth-order valence-corrected chi connectivity index (χ4v) is 5.10. The van der Waals surface area contributed by atoms with Crippen LogP contribution in [0.15, 0.2) is 24.4 Å². The van der Waals surface area contributed by atoms with Gasteiger partial charge in [-0.25, -0.2) is 9.37 Å². The van der Waals surface area contributed by atoms with Gasteiger partial charge >= 0.3 is 0 Å². The molecule has 1 fully saturated rings. The number of phenolic OH excluding ortho intramolecular Hbond substituents is 1. The molecule has 1 aliphatic rings. The van der Waals surface area contributed by atoms with Gasteiger partial charge in [0.2, 0.25) is 5.82 Å². The predicted molar refractivity (Wildman–Crippen MR) is 138 cm³/mol. The van der Waals surface area contributed by atoms with E-state index in [9.17, 15) is 5.11 Å². The molecule has 0 unspecified atom stereocenters. The van der Waals surface area contributed by atoms with Gasteiger partial charge in [-0.05, 0) is 36.1 Å². The first-order valence-corrected chi connectivity index (χ1v) is 12.4. The molecule has 1 aliphatic carbocycles.